The lowest BCUT2D eigenvalue weighted by molar-refractivity contribution is -0.125. The molecule has 1 aromatic carbocycles. The molecule has 0 saturated heterocycles. The van der Waals surface area contributed by atoms with Crippen LogP contribution in [0, 0.1) is 11.6 Å². The molecule has 22 heavy (non-hydrogen) atoms. The number of anilines is 2. The van der Waals surface area contributed by atoms with E-state index in [1.807, 2.05) is 10.0 Å². The minimum absolute atomic E-state index is 0.247. The zero-order chi connectivity index (χ0) is 17.1. The number of benzene rings is 1. The SMILES string of the molecule is CCCS(=O)(=O)Nc1cc(NC(=O)C(C)(C)F)c(F)cc1F. The zero-order valence-electron chi connectivity index (χ0n) is 12.3. The topological polar surface area (TPSA) is 75.3 Å². The summed E-state index contributed by atoms with van der Waals surface area (Å²) in [6, 6.07) is 1.17. The van der Waals surface area contributed by atoms with Crippen molar-refractivity contribution in [2.24, 2.45) is 0 Å². The van der Waals surface area contributed by atoms with E-state index in [4.69, 9.17) is 0 Å². The molecule has 0 heterocycles. The van der Waals surface area contributed by atoms with E-state index in [9.17, 15) is 26.4 Å². The van der Waals surface area contributed by atoms with Crippen LogP contribution in [0.1, 0.15) is 27.2 Å². The number of amides is 1. The van der Waals surface area contributed by atoms with Crippen LogP contribution in [-0.2, 0) is 14.8 Å². The normalized spacial score (nSPS) is 12.1. The second-order valence-electron chi connectivity index (χ2n) is 5.16. The van der Waals surface area contributed by atoms with Gasteiger partial charge in [0.05, 0.1) is 17.1 Å². The molecule has 5 nitrogen and oxygen atoms in total. The van der Waals surface area contributed by atoms with Crippen molar-refractivity contribution in [3.63, 3.8) is 0 Å². The van der Waals surface area contributed by atoms with Crippen LogP contribution in [0.4, 0.5) is 24.5 Å². The van der Waals surface area contributed by atoms with Gasteiger partial charge in [-0.3, -0.25) is 9.52 Å². The summed E-state index contributed by atoms with van der Waals surface area (Å²) in [4.78, 5) is 11.5. The summed E-state index contributed by atoms with van der Waals surface area (Å²) in [5.74, 6) is -3.67. The van der Waals surface area contributed by atoms with Gasteiger partial charge in [-0.15, -0.1) is 0 Å². The highest BCUT2D eigenvalue weighted by molar-refractivity contribution is 7.92. The summed E-state index contributed by atoms with van der Waals surface area (Å²) in [5.41, 5.74) is -3.32. The Bertz CT molecular complexity index is 670. The molecule has 1 aromatic rings. The van der Waals surface area contributed by atoms with Gasteiger partial charge in [-0.25, -0.2) is 21.6 Å². The first-order valence-corrected chi connectivity index (χ1v) is 8.11. The van der Waals surface area contributed by atoms with E-state index >= 15 is 0 Å². The van der Waals surface area contributed by atoms with Crippen LogP contribution in [0.15, 0.2) is 12.1 Å². The van der Waals surface area contributed by atoms with Crippen LogP contribution in [0.5, 0.6) is 0 Å². The van der Waals surface area contributed by atoms with Crippen molar-refractivity contribution in [3.05, 3.63) is 23.8 Å². The van der Waals surface area contributed by atoms with Gasteiger partial charge in [0.1, 0.15) is 11.6 Å². The minimum atomic E-state index is -3.79. The van der Waals surface area contributed by atoms with Gasteiger partial charge in [0.2, 0.25) is 10.0 Å². The molecule has 0 radical (unpaired) electrons. The number of carbonyl (C=O) groups excluding carboxylic acids is 1. The van der Waals surface area contributed by atoms with Gasteiger partial charge in [-0.2, -0.15) is 0 Å². The molecule has 0 aliphatic carbocycles. The van der Waals surface area contributed by atoms with E-state index in [2.05, 4.69) is 0 Å². The van der Waals surface area contributed by atoms with Crippen molar-refractivity contribution in [1.29, 1.82) is 0 Å². The molecule has 9 heteroatoms. The van der Waals surface area contributed by atoms with Gasteiger partial charge in [0.25, 0.3) is 5.91 Å². The Morgan fingerprint density at radius 3 is 2.23 bits per heavy atom. The van der Waals surface area contributed by atoms with E-state index in [0.717, 1.165) is 19.9 Å². The highest BCUT2D eigenvalue weighted by Crippen LogP contribution is 2.25. The maximum atomic E-state index is 13.6. The zero-order valence-corrected chi connectivity index (χ0v) is 13.2. The fraction of sp³-hybridized carbons (Fsp3) is 0.462. The molecule has 0 aliphatic heterocycles. The Kier molecular flexibility index (Phi) is 5.44. The van der Waals surface area contributed by atoms with Crippen molar-refractivity contribution in [3.8, 4) is 0 Å². The number of rotatable bonds is 6. The second-order valence-corrected chi connectivity index (χ2v) is 7.00. The number of carbonyl (C=O) groups is 1. The molecule has 1 amide bonds. The second kappa shape index (κ2) is 6.55. The largest absolute Gasteiger partial charge is 0.321 e. The molecule has 0 unspecified atom stereocenters. The Morgan fingerprint density at radius 1 is 1.18 bits per heavy atom. The summed E-state index contributed by atoms with van der Waals surface area (Å²) in [7, 11) is -3.79. The predicted octanol–water partition coefficient (Wildman–Crippen LogP) is 2.80. The van der Waals surface area contributed by atoms with Crippen LogP contribution >= 0.6 is 0 Å². The van der Waals surface area contributed by atoms with Crippen LogP contribution in [0.3, 0.4) is 0 Å². The molecule has 1 rings (SSSR count). The van der Waals surface area contributed by atoms with E-state index < -0.39 is 44.6 Å². The number of sulfonamides is 1. The maximum Gasteiger partial charge on any atom is 0.261 e. The Hall–Kier alpha value is -1.77. The monoisotopic (exact) mass is 338 g/mol. The molecule has 124 valence electrons. The van der Waals surface area contributed by atoms with Crippen LogP contribution in [0.25, 0.3) is 0 Å². The molecule has 0 aliphatic rings. The van der Waals surface area contributed by atoms with Crippen molar-refractivity contribution in [2.75, 3.05) is 15.8 Å². The van der Waals surface area contributed by atoms with Crippen molar-refractivity contribution in [1.82, 2.24) is 0 Å². The first kappa shape index (κ1) is 18.3. The molecule has 0 aromatic heterocycles. The van der Waals surface area contributed by atoms with E-state index in [-0.39, 0.29) is 5.75 Å². The third-order valence-electron chi connectivity index (χ3n) is 2.58. The molecule has 0 bridgehead atoms. The standard InChI is InChI=1S/C13H17F3N2O3S/c1-4-5-22(20,21)18-11-7-10(8(14)6-9(11)15)17-12(19)13(2,3)16/h6-7,18H,4-5H2,1-3H3,(H,17,19). The molecular weight excluding hydrogens is 321 g/mol. The fourth-order valence-corrected chi connectivity index (χ4v) is 2.61. The summed E-state index contributed by atoms with van der Waals surface area (Å²) in [5, 5.41) is 1.95. The Labute approximate surface area is 127 Å². The first-order chi connectivity index (χ1) is 9.96. The number of halogens is 3. The van der Waals surface area contributed by atoms with Crippen molar-refractivity contribution >= 4 is 27.3 Å². The molecule has 0 saturated carbocycles. The van der Waals surface area contributed by atoms with Gasteiger partial charge in [0.15, 0.2) is 5.67 Å². The van der Waals surface area contributed by atoms with Crippen LogP contribution in [-0.4, -0.2) is 25.7 Å². The molecule has 0 spiro atoms. The lowest BCUT2D eigenvalue weighted by Gasteiger charge is -2.16. The summed E-state index contributed by atoms with van der Waals surface area (Å²) < 4.78 is 65.8. The summed E-state index contributed by atoms with van der Waals surface area (Å²) >= 11 is 0. The van der Waals surface area contributed by atoms with Gasteiger partial charge < -0.3 is 5.32 Å². The lowest BCUT2D eigenvalue weighted by Crippen LogP contribution is -2.33. The Balaban J connectivity index is 3.12. The molecule has 2 N–H and O–H groups in total. The lowest BCUT2D eigenvalue weighted by atomic mass is 10.1. The number of hydrogen-bond acceptors (Lipinski definition) is 3. The number of nitrogens with one attached hydrogen (secondary N) is 2. The quantitative estimate of drug-likeness (QED) is 0.837. The average Bonchev–Trinajstić information content (AvgIpc) is 2.33. The molecule has 0 fully saturated rings. The number of hydrogen-bond donors (Lipinski definition) is 2. The maximum absolute atomic E-state index is 13.6. The van der Waals surface area contributed by atoms with Crippen LogP contribution < -0.4 is 10.0 Å². The minimum Gasteiger partial charge on any atom is -0.321 e. The number of alkyl halides is 1. The highest BCUT2D eigenvalue weighted by Gasteiger charge is 2.27. The summed E-state index contributed by atoms with van der Waals surface area (Å²) in [6.45, 7) is 3.55. The van der Waals surface area contributed by atoms with E-state index in [1.54, 1.807) is 6.92 Å². The Morgan fingerprint density at radius 2 is 1.73 bits per heavy atom. The van der Waals surface area contributed by atoms with Gasteiger partial charge >= 0.3 is 0 Å². The van der Waals surface area contributed by atoms with Gasteiger partial charge in [-0.05, 0) is 26.3 Å². The van der Waals surface area contributed by atoms with Crippen molar-refractivity contribution < 1.29 is 26.4 Å². The van der Waals surface area contributed by atoms with E-state index in [0.29, 0.717) is 12.5 Å². The first-order valence-electron chi connectivity index (χ1n) is 6.46. The van der Waals surface area contributed by atoms with Crippen LogP contribution in [0.2, 0.25) is 0 Å². The fourth-order valence-electron chi connectivity index (χ4n) is 1.48. The highest BCUT2D eigenvalue weighted by atomic mass is 32.2. The predicted molar refractivity (Wildman–Crippen MR) is 77.9 cm³/mol. The van der Waals surface area contributed by atoms with Crippen molar-refractivity contribution in [2.45, 2.75) is 32.9 Å². The third kappa shape index (κ3) is 4.90. The third-order valence-corrected chi connectivity index (χ3v) is 4.06. The summed E-state index contributed by atoms with van der Waals surface area (Å²) in [6.07, 6.45) is 0.303. The van der Waals surface area contributed by atoms with Gasteiger partial charge in [-0.1, -0.05) is 6.92 Å². The molecule has 0 atom stereocenters. The smallest absolute Gasteiger partial charge is 0.261 e. The van der Waals surface area contributed by atoms with Gasteiger partial charge in [0, 0.05) is 6.07 Å². The van der Waals surface area contributed by atoms with E-state index in [1.165, 1.54) is 0 Å². The molecular formula is C13H17F3N2O3S. The average molecular weight is 338 g/mol.